The molecule has 0 saturated carbocycles. The molecule has 2 saturated heterocycles. The van der Waals surface area contributed by atoms with Crippen LogP contribution in [0, 0.1) is 5.92 Å². The summed E-state index contributed by atoms with van der Waals surface area (Å²) in [5.41, 5.74) is 1.41. The first-order chi connectivity index (χ1) is 14.2. The van der Waals surface area contributed by atoms with Crippen LogP contribution in [0.3, 0.4) is 0 Å². The second-order valence-electron chi connectivity index (χ2n) is 8.23. The van der Waals surface area contributed by atoms with Gasteiger partial charge in [0.1, 0.15) is 0 Å². The Morgan fingerprint density at radius 1 is 1.13 bits per heavy atom. The summed E-state index contributed by atoms with van der Waals surface area (Å²) in [5, 5.41) is 6.32. The summed E-state index contributed by atoms with van der Waals surface area (Å²) in [6.45, 7) is 7.79. The number of amides is 1. The minimum Gasteiger partial charge on any atom is -0.356 e. The van der Waals surface area contributed by atoms with E-state index in [4.69, 9.17) is 0 Å². The van der Waals surface area contributed by atoms with Gasteiger partial charge in [0.25, 0.3) is 0 Å². The van der Waals surface area contributed by atoms with Crippen LogP contribution in [-0.2, 0) is 11.3 Å². The summed E-state index contributed by atoms with van der Waals surface area (Å²) in [7, 11) is 1.84. The van der Waals surface area contributed by atoms with E-state index in [1.165, 1.54) is 31.4 Å². The Morgan fingerprint density at radius 3 is 2.67 bits per heavy atom. The van der Waals surface area contributed by atoms with Gasteiger partial charge in [0.15, 0.2) is 5.96 Å². The molecule has 2 heterocycles. The first-order valence-corrected chi connectivity index (χ1v) is 11.2. The summed E-state index contributed by atoms with van der Waals surface area (Å²) in [4.78, 5) is 21.4. The van der Waals surface area contributed by atoms with Crippen LogP contribution in [0.15, 0.2) is 35.3 Å². The van der Waals surface area contributed by atoms with E-state index in [0.717, 1.165) is 38.6 Å². The summed E-state index contributed by atoms with van der Waals surface area (Å²) in [6, 6.07) is 11.5. The number of carbonyl (C=O) groups excluding carboxylic acids is 1. The number of nitrogens with zero attached hydrogens (tertiary/aromatic N) is 3. The SMILES string of the molecule is CCCNC(=O)CCNC(=NC)N1CCC2C(CCCN2Cc2ccccc2)C1.I. The van der Waals surface area contributed by atoms with Gasteiger partial charge in [0.2, 0.25) is 5.91 Å². The fourth-order valence-electron chi connectivity index (χ4n) is 4.69. The van der Waals surface area contributed by atoms with Gasteiger partial charge in [-0.15, -0.1) is 24.0 Å². The third kappa shape index (κ3) is 7.11. The molecule has 3 rings (SSSR count). The molecule has 0 radical (unpaired) electrons. The number of carbonyl (C=O) groups is 1. The molecule has 0 aromatic heterocycles. The van der Waals surface area contributed by atoms with Crippen LogP contribution >= 0.6 is 24.0 Å². The second-order valence-corrected chi connectivity index (χ2v) is 8.23. The zero-order chi connectivity index (χ0) is 20.5. The van der Waals surface area contributed by atoms with E-state index in [1.807, 2.05) is 7.05 Å². The number of rotatable bonds is 7. The molecule has 0 aliphatic carbocycles. The molecule has 1 aromatic rings. The van der Waals surface area contributed by atoms with Gasteiger partial charge in [0.05, 0.1) is 0 Å². The predicted molar refractivity (Wildman–Crippen MR) is 134 cm³/mol. The fraction of sp³-hybridized carbons (Fsp3) is 0.652. The lowest BCUT2D eigenvalue weighted by Crippen LogP contribution is -2.56. The molecule has 7 heteroatoms. The van der Waals surface area contributed by atoms with Crippen molar-refractivity contribution >= 4 is 35.8 Å². The Labute approximate surface area is 198 Å². The highest BCUT2D eigenvalue weighted by molar-refractivity contribution is 14.0. The Balaban J connectivity index is 0.00000320. The maximum Gasteiger partial charge on any atom is 0.221 e. The van der Waals surface area contributed by atoms with Gasteiger partial charge in [-0.1, -0.05) is 37.3 Å². The average molecular weight is 527 g/mol. The summed E-state index contributed by atoms with van der Waals surface area (Å²) < 4.78 is 0. The van der Waals surface area contributed by atoms with Gasteiger partial charge >= 0.3 is 0 Å². The maximum atomic E-state index is 11.8. The minimum atomic E-state index is 0. The molecule has 2 N–H and O–H groups in total. The Hall–Kier alpha value is -1.35. The number of likely N-dealkylation sites (tertiary alicyclic amines) is 2. The summed E-state index contributed by atoms with van der Waals surface area (Å²) in [5.74, 6) is 1.73. The van der Waals surface area contributed by atoms with Crippen molar-refractivity contribution in [3.8, 4) is 0 Å². The largest absolute Gasteiger partial charge is 0.356 e. The normalized spacial score (nSPS) is 22.1. The lowest BCUT2D eigenvalue weighted by molar-refractivity contribution is -0.120. The van der Waals surface area contributed by atoms with E-state index in [-0.39, 0.29) is 29.9 Å². The number of hydrogen-bond donors (Lipinski definition) is 2. The molecule has 2 aliphatic heterocycles. The molecule has 0 spiro atoms. The molecule has 2 unspecified atom stereocenters. The predicted octanol–water partition coefficient (Wildman–Crippen LogP) is 3.08. The first-order valence-electron chi connectivity index (χ1n) is 11.2. The molecule has 30 heavy (non-hydrogen) atoms. The standard InChI is InChI=1S/C23H37N5O.HI/c1-3-13-25-22(29)11-14-26-23(24-2)28-16-12-21-20(18-28)10-7-15-27(21)17-19-8-5-4-6-9-19;/h4-6,8-9,20-21H,3,7,10-18H2,1-2H3,(H,24,26)(H,25,29);1H. The van der Waals surface area contributed by atoms with E-state index >= 15 is 0 Å². The van der Waals surface area contributed by atoms with Crippen LogP contribution in [0.1, 0.15) is 44.6 Å². The van der Waals surface area contributed by atoms with Crippen molar-refractivity contribution in [1.29, 1.82) is 0 Å². The first kappa shape index (κ1) is 24.9. The van der Waals surface area contributed by atoms with Crippen LogP contribution in [-0.4, -0.2) is 67.5 Å². The smallest absolute Gasteiger partial charge is 0.221 e. The minimum absolute atomic E-state index is 0. The second kappa shape index (κ2) is 13.1. The van der Waals surface area contributed by atoms with Crippen molar-refractivity contribution in [2.24, 2.45) is 10.9 Å². The van der Waals surface area contributed by atoms with Crippen molar-refractivity contribution in [2.75, 3.05) is 39.8 Å². The van der Waals surface area contributed by atoms with Crippen LogP contribution < -0.4 is 10.6 Å². The Morgan fingerprint density at radius 2 is 1.93 bits per heavy atom. The van der Waals surface area contributed by atoms with E-state index in [2.05, 4.69) is 62.7 Å². The topological polar surface area (TPSA) is 60.0 Å². The highest BCUT2D eigenvalue weighted by Gasteiger charge is 2.36. The van der Waals surface area contributed by atoms with E-state index in [1.54, 1.807) is 0 Å². The van der Waals surface area contributed by atoms with Crippen molar-refractivity contribution in [3.63, 3.8) is 0 Å². The number of guanidine groups is 1. The lowest BCUT2D eigenvalue weighted by Gasteiger charge is -2.48. The molecule has 168 valence electrons. The molecule has 0 bridgehead atoms. The van der Waals surface area contributed by atoms with E-state index < -0.39 is 0 Å². The van der Waals surface area contributed by atoms with Crippen molar-refractivity contribution in [2.45, 2.75) is 51.6 Å². The molecular formula is C23H38IN5O. The average Bonchev–Trinajstić information content (AvgIpc) is 2.76. The quantitative estimate of drug-likeness (QED) is 0.325. The molecule has 1 aromatic carbocycles. The molecule has 2 fully saturated rings. The highest BCUT2D eigenvalue weighted by Crippen LogP contribution is 2.31. The van der Waals surface area contributed by atoms with Crippen LogP contribution in [0.4, 0.5) is 0 Å². The summed E-state index contributed by atoms with van der Waals surface area (Å²) >= 11 is 0. The maximum absolute atomic E-state index is 11.8. The molecule has 2 aliphatic rings. The van der Waals surface area contributed by atoms with Gasteiger partial charge in [-0.05, 0) is 43.7 Å². The third-order valence-electron chi connectivity index (χ3n) is 6.13. The van der Waals surface area contributed by atoms with E-state index in [9.17, 15) is 4.79 Å². The molecule has 2 atom stereocenters. The lowest BCUT2D eigenvalue weighted by atomic mass is 9.83. The molecule has 1 amide bonds. The monoisotopic (exact) mass is 527 g/mol. The van der Waals surface area contributed by atoms with Crippen molar-refractivity contribution in [3.05, 3.63) is 35.9 Å². The number of piperidine rings is 2. The van der Waals surface area contributed by atoms with Gasteiger partial charge in [0, 0.05) is 52.2 Å². The van der Waals surface area contributed by atoms with Crippen molar-refractivity contribution < 1.29 is 4.79 Å². The summed E-state index contributed by atoms with van der Waals surface area (Å²) in [6.07, 6.45) is 5.20. The molecule has 6 nitrogen and oxygen atoms in total. The number of aliphatic imine (C=N–C) groups is 1. The van der Waals surface area contributed by atoms with E-state index in [0.29, 0.717) is 24.9 Å². The van der Waals surface area contributed by atoms with Crippen LogP contribution in [0.2, 0.25) is 0 Å². The van der Waals surface area contributed by atoms with Crippen LogP contribution in [0.5, 0.6) is 0 Å². The van der Waals surface area contributed by atoms with Gasteiger partial charge < -0.3 is 15.5 Å². The molecular weight excluding hydrogens is 489 g/mol. The highest BCUT2D eigenvalue weighted by atomic mass is 127. The van der Waals surface area contributed by atoms with Gasteiger partial charge in [-0.3, -0.25) is 14.7 Å². The number of hydrogen-bond acceptors (Lipinski definition) is 3. The van der Waals surface area contributed by atoms with Crippen LogP contribution in [0.25, 0.3) is 0 Å². The Kier molecular flexibility index (Phi) is 10.9. The zero-order valence-corrected chi connectivity index (χ0v) is 20.8. The van der Waals surface area contributed by atoms with Gasteiger partial charge in [-0.2, -0.15) is 0 Å². The zero-order valence-electron chi connectivity index (χ0n) is 18.5. The number of nitrogens with one attached hydrogen (secondary N) is 2. The van der Waals surface area contributed by atoms with Crippen molar-refractivity contribution in [1.82, 2.24) is 20.4 Å². The number of benzene rings is 1. The number of fused-ring (bicyclic) bond motifs is 1. The third-order valence-corrected chi connectivity index (χ3v) is 6.13. The van der Waals surface area contributed by atoms with Gasteiger partial charge in [-0.25, -0.2) is 0 Å². The fourth-order valence-corrected chi connectivity index (χ4v) is 4.69. The Bertz CT molecular complexity index is 669. The number of halogens is 1.